The molecule has 2 N–H and O–H groups in total. The molecule has 1 fully saturated rings. The first-order valence-corrected chi connectivity index (χ1v) is 9.24. The minimum atomic E-state index is -4.48. The number of H-pyrrole nitrogens is 1. The topological polar surface area (TPSA) is 87.3 Å². The number of aromatic amines is 1. The van der Waals surface area contributed by atoms with Crippen molar-refractivity contribution in [3.8, 4) is 11.3 Å². The van der Waals surface area contributed by atoms with Gasteiger partial charge in [0.05, 0.1) is 18.8 Å². The Bertz CT molecular complexity index is 970. The molecule has 1 atom stereocenters. The highest BCUT2D eigenvalue weighted by Gasteiger charge is 2.38. The van der Waals surface area contributed by atoms with Crippen molar-refractivity contribution in [2.45, 2.75) is 38.5 Å². The molecular weight excluding hydrogens is 389 g/mol. The lowest BCUT2D eigenvalue weighted by Gasteiger charge is -2.16. The molecule has 1 aliphatic carbocycles. The van der Waals surface area contributed by atoms with E-state index in [0.717, 1.165) is 5.56 Å². The maximum Gasteiger partial charge on any atom is 0.433 e. The van der Waals surface area contributed by atoms with Gasteiger partial charge in [-0.05, 0) is 37.0 Å². The molecule has 0 spiro atoms. The van der Waals surface area contributed by atoms with Gasteiger partial charge in [-0.1, -0.05) is 6.07 Å². The molecule has 7 nitrogen and oxygen atoms in total. The van der Waals surface area contributed by atoms with Crippen molar-refractivity contribution in [3.63, 3.8) is 0 Å². The summed E-state index contributed by atoms with van der Waals surface area (Å²) in [6, 6.07) is 5.18. The molecule has 1 aromatic carbocycles. The number of hydrogen-bond donors (Lipinski definition) is 2. The summed E-state index contributed by atoms with van der Waals surface area (Å²) in [6.07, 6.45) is -4.06. The number of cyclic esters (lactones) is 1. The fraction of sp³-hybridized carbons (Fsp3) is 0.421. The van der Waals surface area contributed by atoms with Crippen LogP contribution < -0.4 is 10.2 Å². The normalized spacial score (nSPS) is 18.7. The van der Waals surface area contributed by atoms with Gasteiger partial charge >= 0.3 is 12.3 Å². The number of benzene rings is 1. The van der Waals surface area contributed by atoms with Gasteiger partial charge in [0.15, 0.2) is 0 Å². The number of nitrogens with zero attached hydrogens (tertiary/aromatic N) is 2. The molecule has 1 saturated heterocycles. The number of amides is 2. The summed E-state index contributed by atoms with van der Waals surface area (Å²) in [6.45, 7) is 1.89. The van der Waals surface area contributed by atoms with Gasteiger partial charge in [0.1, 0.15) is 11.8 Å². The van der Waals surface area contributed by atoms with Crippen LogP contribution in [0.5, 0.6) is 0 Å². The number of anilines is 1. The average Bonchev–Trinajstić information content (AvgIpc) is 3.19. The van der Waals surface area contributed by atoms with Crippen LogP contribution in [0.15, 0.2) is 18.2 Å². The molecule has 0 bridgehead atoms. The standard InChI is InChI=1S/C19H19F3N4O3/c1-10(27)23-8-13-9-26(18(28)29-13)12-5-6-14-11(7-12)3-2-4-15-16(14)24-25-17(15)19(20,21)22/h5-7,13H,2-4,8-9H2,1H3,(H,23,27)(H,24,25)/t13-/m0/s1. The summed E-state index contributed by atoms with van der Waals surface area (Å²) in [7, 11) is 0. The first-order valence-electron chi connectivity index (χ1n) is 9.24. The van der Waals surface area contributed by atoms with Crippen LogP contribution in [0, 0.1) is 0 Å². The Labute approximate surface area is 164 Å². The third kappa shape index (κ3) is 3.66. The molecule has 29 heavy (non-hydrogen) atoms. The number of alkyl halides is 3. The zero-order valence-corrected chi connectivity index (χ0v) is 15.6. The SMILES string of the molecule is CC(=O)NC[C@H]1CN(c2ccc3c(c2)CCCc2c-3n[nH]c2C(F)(F)F)C(=O)O1. The maximum absolute atomic E-state index is 13.2. The number of carbonyl (C=O) groups is 2. The van der Waals surface area contributed by atoms with E-state index in [-0.39, 0.29) is 31.0 Å². The predicted octanol–water partition coefficient (Wildman–Crippen LogP) is 3.05. The minimum Gasteiger partial charge on any atom is -0.442 e. The van der Waals surface area contributed by atoms with E-state index in [2.05, 4.69) is 15.5 Å². The van der Waals surface area contributed by atoms with Crippen LogP contribution in [-0.2, 0) is 28.5 Å². The van der Waals surface area contributed by atoms with Gasteiger partial charge in [-0.15, -0.1) is 0 Å². The third-order valence-electron chi connectivity index (χ3n) is 5.13. The molecule has 2 amide bonds. The third-order valence-corrected chi connectivity index (χ3v) is 5.13. The Morgan fingerprint density at radius 2 is 2.17 bits per heavy atom. The summed E-state index contributed by atoms with van der Waals surface area (Å²) in [5, 5.41) is 8.68. The van der Waals surface area contributed by atoms with Crippen LogP contribution in [-0.4, -0.2) is 41.4 Å². The van der Waals surface area contributed by atoms with Gasteiger partial charge in [0, 0.05) is 23.7 Å². The Hall–Kier alpha value is -3.04. The molecule has 0 radical (unpaired) electrons. The van der Waals surface area contributed by atoms with Gasteiger partial charge in [-0.3, -0.25) is 14.8 Å². The van der Waals surface area contributed by atoms with Crippen molar-refractivity contribution in [2.75, 3.05) is 18.0 Å². The van der Waals surface area contributed by atoms with Crippen molar-refractivity contribution in [2.24, 2.45) is 0 Å². The van der Waals surface area contributed by atoms with E-state index in [9.17, 15) is 22.8 Å². The highest BCUT2D eigenvalue weighted by molar-refractivity contribution is 5.90. The lowest BCUT2D eigenvalue weighted by molar-refractivity contribution is -0.141. The first kappa shape index (κ1) is 19.3. The lowest BCUT2D eigenvalue weighted by Crippen LogP contribution is -2.33. The van der Waals surface area contributed by atoms with Gasteiger partial charge in [0.25, 0.3) is 0 Å². The van der Waals surface area contributed by atoms with Crippen molar-refractivity contribution < 1.29 is 27.5 Å². The number of nitrogens with one attached hydrogen (secondary N) is 2. The molecular formula is C19H19F3N4O3. The van der Waals surface area contributed by atoms with Crippen LogP contribution >= 0.6 is 0 Å². The van der Waals surface area contributed by atoms with Gasteiger partial charge in [0.2, 0.25) is 5.91 Å². The van der Waals surface area contributed by atoms with Crippen molar-refractivity contribution >= 4 is 17.7 Å². The smallest absolute Gasteiger partial charge is 0.433 e. The van der Waals surface area contributed by atoms with Crippen molar-refractivity contribution in [1.29, 1.82) is 0 Å². The highest BCUT2D eigenvalue weighted by Crippen LogP contribution is 2.40. The zero-order valence-electron chi connectivity index (χ0n) is 15.6. The van der Waals surface area contributed by atoms with E-state index in [1.54, 1.807) is 18.2 Å². The number of fused-ring (bicyclic) bond motifs is 3. The molecule has 0 saturated carbocycles. The van der Waals surface area contributed by atoms with E-state index in [4.69, 9.17) is 4.74 Å². The van der Waals surface area contributed by atoms with E-state index >= 15 is 0 Å². The van der Waals surface area contributed by atoms with Crippen LogP contribution in [0.2, 0.25) is 0 Å². The number of halogens is 3. The number of carbonyl (C=O) groups excluding carboxylic acids is 2. The number of ether oxygens (including phenoxy) is 1. The van der Waals surface area contributed by atoms with Crippen molar-refractivity contribution in [3.05, 3.63) is 35.0 Å². The monoisotopic (exact) mass is 408 g/mol. The molecule has 2 aliphatic rings. The number of rotatable bonds is 3. The summed E-state index contributed by atoms with van der Waals surface area (Å²) in [4.78, 5) is 24.7. The zero-order chi connectivity index (χ0) is 20.8. The van der Waals surface area contributed by atoms with E-state index in [1.807, 2.05) is 0 Å². The number of hydrogen-bond acceptors (Lipinski definition) is 4. The molecule has 0 unspecified atom stereocenters. The summed E-state index contributed by atoms with van der Waals surface area (Å²) >= 11 is 0. The second kappa shape index (κ2) is 7.09. The Balaban J connectivity index is 1.61. The molecule has 10 heteroatoms. The van der Waals surface area contributed by atoms with Crippen LogP contribution in [0.25, 0.3) is 11.3 Å². The van der Waals surface area contributed by atoms with Crippen LogP contribution in [0.1, 0.15) is 30.2 Å². The quantitative estimate of drug-likeness (QED) is 0.817. The highest BCUT2D eigenvalue weighted by atomic mass is 19.4. The van der Waals surface area contributed by atoms with Crippen molar-refractivity contribution in [1.82, 2.24) is 15.5 Å². The predicted molar refractivity (Wildman–Crippen MR) is 97.3 cm³/mol. The van der Waals surface area contributed by atoms with E-state index in [0.29, 0.717) is 29.8 Å². The molecule has 4 rings (SSSR count). The number of aryl methyl sites for hydroxylation is 1. The van der Waals surface area contributed by atoms with E-state index in [1.165, 1.54) is 11.8 Å². The molecule has 2 heterocycles. The summed E-state index contributed by atoms with van der Waals surface area (Å²) < 4.78 is 44.9. The second-order valence-electron chi connectivity index (χ2n) is 7.17. The summed E-state index contributed by atoms with van der Waals surface area (Å²) in [5.74, 6) is -0.211. The van der Waals surface area contributed by atoms with E-state index < -0.39 is 24.1 Å². The Morgan fingerprint density at radius 1 is 1.38 bits per heavy atom. The van der Waals surface area contributed by atoms with Gasteiger partial charge in [-0.2, -0.15) is 18.3 Å². The molecule has 154 valence electrons. The lowest BCUT2D eigenvalue weighted by atomic mass is 10.0. The molecule has 1 aliphatic heterocycles. The van der Waals surface area contributed by atoms with Gasteiger partial charge in [-0.25, -0.2) is 4.79 Å². The van der Waals surface area contributed by atoms with Crippen LogP contribution in [0.3, 0.4) is 0 Å². The fourth-order valence-corrected chi connectivity index (χ4v) is 3.80. The van der Waals surface area contributed by atoms with Gasteiger partial charge < -0.3 is 10.1 Å². The number of aromatic nitrogens is 2. The minimum absolute atomic E-state index is 0.181. The second-order valence-corrected chi connectivity index (χ2v) is 7.17. The average molecular weight is 408 g/mol. The largest absolute Gasteiger partial charge is 0.442 e. The summed E-state index contributed by atoms with van der Waals surface area (Å²) in [5.41, 5.74) is 1.77. The van der Waals surface area contributed by atoms with Crippen LogP contribution in [0.4, 0.5) is 23.7 Å². The molecule has 2 aromatic rings. The Kier molecular flexibility index (Phi) is 4.71. The first-order chi connectivity index (χ1) is 13.7. The Morgan fingerprint density at radius 3 is 2.90 bits per heavy atom. The fourth-order valence-electron chi connectivity index (χ4n) is 3.80. The maximum atomic E-state index is 13.2. The molecule has 1 aromatic heterocycles.